The van der Waals surface area contributed by atoms with Gasteiger partial charge in [0.15, 0.2) is 5.65 Å². The second kappa shape index (κ2) is 6.83. The maximum absolute atomic E-state index is 9.26. The van der Waals surface area contributed by atoms with E-state index in [1.807, 2.05) is 7.05 Å². The summed E-state index contributed by atoms with van der Waals surface area (Å²) < 4.78 is 7.84. The fraction of sp³-hybridized carbons (Fsp3) is 0.250. The number of hydrogen-bond acceptors (Lipinski definition) is 6. The van der Waals surface area contributed by atoms with E-state index >= 15 is 0 Å². The van der Waals surface area contributed by atoms with Crippen molar-refractivity contribution in [2.75, 3.05) is 6.54 Å². The maximum atomic E-state index is 9.26. The number of fused-ring (bicyclic) bond motifs is 1. The molecule has 3 rings (SSSR count). The third kappa shape index (κ3) is 3.02. The molecule has 0 aliphatic carbocycles. The molecule has 0 bridgehead atoms. The largest absolute Gasteiger partial charge is 0.483 e. The Morgan fingerprint density at radius 3 is 2.96 bits per heavy atom. The lowest BCUT2D eigenvalue weighted by Gasteiger charge is -2.19. The van der Waals surface area contributed by atoms with E-state index in [9.17, 15) is 5.26 Å². The zero-order valence-corrected chi connectivity index (χ0v) is 13.7. The van der Waals surface area contributed by atoms with Gasteiger partial charge in [0.1, 0.15) is 35.5 Å². The summed E-state index contributed by atoms with van der Waals surface area (Å²) in [4.78, 5) is 12.9. The Bertz CT molecular complexity index is 917. The quantitative estimate of drug-likeness (QED) is 0.763. The first-order valence-electron chi connectivity index (χ1n) is 7.32. The predicted molar refractivity (Wildman–Crippen MR) is 89.5 cm³/mol. The molecule has 0 radical (unpaired) electrons. The minimum atomic E-state index is -0.457. The molecule has 0 saturated heterocycles. The Balaban J connectivity index is 2.04. The highest BCUT2D eigenvalue weighted by Gasteiger charge is 2.21. The van der Waals surface area contributed by atoms with Crippen molar-refractivity contribution in [3.63, 3.8) is 0 Å². The van der Waals surface area contributed by atoms with Gasteiger partial charge in [0.25, 0.3) is 0 Å². The van der Waals surface area contributed by atoms with Gasteiger partial charge >= 0.3 is 0 Å². The van der Waals surface area contributed by atoms with Crippen LogP contribution in [0.2, 0.25) is 5.02 Å². The van der Waals surface area contributed by atoms with Crippen LogP contribution in [-0.4, -0.2) is 26.1 Å². The summed E-state index contributed by atoms with van der Waals surface area (Å²) in [7, 11) is 1.86. The third-order valence-electron chi connectivity index (χ3n) is 3.59. The van der Waals surface area contributed by atoms with Crippen molar-refractivity contribution in [3.8, 4) is 11.8 Å². The minimum absolute atomic E-state index is 0.394. The first-order valence-corrected chi connectivity index (χ1v) is 7.70. The molecule has 2 aromatic heterocycles. The number of aryl methyl sites for hydroxylation is 1. The molecule has 1 atom stereocenters. The molecule has 0 aliphatic rings. The number of hydrogen-bond donors (Lipinski definition) is 1. The van der Waals surface area contributed by atoms with E-state index < -0.39 is 6.10 Å². The van der Waals surface area contributed by atoms with Crippen molar-refractivity contribution in [1.29, 1.82) is 5.26 Å². The van der Waals surface area contributed by atoms with Crippen LogP contribution in [0.4, 0.5) is 0 Å². The number of nitriles is 1. The van der Waals surface area contributed by atoms with Crippen LogP contribution in [0.3, 0.4) is 0 Å². The molecule has 0 spiro atoms. The van der Waals surface area contributed by atoms with E-state index in [1.54, 1.807) is 29.1 Å². The molecule has 8 heteroatoms. The van der Waals surface area contributed by atoms with Gasteiger partial charge in [0.05, 0.1) is 11.9 Å². The first kappa shape index (κ1) is 16.2. The number of aromatic nitrogens is 4. The average molecular weight is 343 g/mol. The standard InChI is InChI=1S/C16H15ClN6O/c1-23-9-22-15-14(20-8-21-16(15)23)12(4-5-18)24-13-6-11(17)3-2-10(13)7-19/h2-3,6,8-9,12H,4-5,18H2,1H3. The maximum Gasteiger partial charge on any atom is 0.163 e. The molecule has 7 nitrogen and oxygen atoms in total. The summed E-state index contributed by atoms with van der Waals surface area (Å²) in [5.41, 5.74) is 8.12. The first-order chi connectivity index (χ1) is 11.6. The molecule has 1 unspecified atom stereocenters. The van der Waals surface area contributed by atoms with Crippen LogP contribution in [0, 0.1) is 11.3 Å². The number of benzene rings is 1. The highest BCUT2D eigenvalue weighted by atomic mass is 35.5. The topological polar surface area (TPSA) is 103 Å². The Labute approximate surface area is 143 Å². The molecule has 0 aliphatic heterocycles. The van der Waals surface area contributed by atoms with Crippen molar-refractivity contribution in [2.45, 2.75) is 12.5 Å². The van der Waals surface area contributed by atoms with E-state index in [-0.39, 0.29) is 0 Å². The van der Waals surface area contributed by atoms with Gasteiger partial charge in [-0.3, -0.25) is 0 Å². The zero-order valence-electron chi connectivity index (χ0n) is 13.0. The molecule has 3 aromatic rings. The minimum Gasteiger partial charge on any atom is -0.483 e. The summed E-state index contributed by atoms with van der Waals surface area (Å²) in [5, 5.41) is 9.75. The van der Waals surface area contributed by atoms with E-state index in [0.29, 0.717) is 46.2 Å². The lowest BCUT2D eigenvalue weighted by atomic mass is 10.1. The summed E-state index contributed by atoms with van der Waals surface area (Å²) in [6, 6.07) is 6.97. The summed E-state index contributed by atoms with van der Waals surface area (Å²) >= 11 is 6.02. The number of rotatable bonds is 5. The Kier molecular flexibility index (Phi) is 4.60. The van der Waals surface area contributed by atoms with Crippen molar-refractivity contribution in [2.24, 2.45) is 12.8 Å². The van der Waals surface area contributed by atoms with Crippen LogP contribution in [-0.2, 0) is 7.05 Å². The summed E-state index contributed by atoms with van der Waals surface area (Å²) in [6.07, 6.45) is 3.19. The second-order valence-electron chi connectivity index (χ2n) is 5.22. The van der Waals surface area contributed by atoms with E-state index in [0.717, 1.165) is 0 Å². The number of nitrogens with zero attached hydrogens (tertiary/aromatic N) is 5. The van der Waals surface area contributed by atoms with Gasteiger partial charge < -0.3 is 15.0 Å². The van der Waals surface area contributed by atoms with Gasteiger partial charge in [-0.1, -0.05) is 11.6 Å². The van der Waals surface area contributed by atoms with Gasteiger partial charge in [0.2, 0.25) is 0 Å². The zero-order chi connectivity index (χ0) is 17.1. The number of ether oxygens (including phenoxy) is 1. The van der Waals surface area contributed by atoms with Gasteiger partial charge in [0, 0.05) is 24.6 Å². The van der Waals surface area contributed by atoms with Gasteiger partial charge in [-0.05, 0) is 18.7 Å². The van der Waals surface area contributed by atoms with Gasteiger partial charge in [-0.2, -0.15) is 5.26 Å². The van der Waals surface area contributed by atoms with Crippen molar-refractivity contribution < 1.29 is 4.74 Å². The lowest BCUT2D eigenvalue weighted by molar-refractivity contribution is 0.194. The normalized spacial score (nSPS) is 12.1. The Morgan fingerprint density at radius 2 is 2.21 bits per heavy atom. The summed E-state index contributed by atoms with van der Waals surface area (Å²) in [5.74, 6) is 0.395. The third-order valence-corrected chi connectivity index (χ3v) is 3.83. The van der Waals surface area contributed by atoms with E-state index in [4.69, 9.17) is 22.1 Å². The van der Waals surface area contributed by atoms with Crippen LogP contribution in [0.1, 0.15) is 23.8 Å². The number of nitrogens with two attached hydrogens (primary N) is 1. The SMILES string of the molecule is Cn1cnc2c(C(CCN)Oc3cc(Cl)ccc3C#N)ncnc21. The van der Waals surface area contributed by atoms with Crippen LogP contribution in [0.25, 0.3) is 11.2 Å². The van der Waals surface area contributed by atoms with E-state index in [1.165, 1.54) is 6.33 Å². The van der Waals surface area contributed by atoms with Crippen molar-refractivity contribution in [3.05, 3.63) is 47.1 Å². The monoisotopic (exact) mass is 342 g/mol. The fourth-order valence-corrected chi connectivity index (χ4v) is 2.60. The fourth-order valence-electron chi connectivity index (χ4n) is 2.44. The summed E-state index contributed by atoms with van der Waals surface area (Å²) in [6.45, 7) is 0.394. The predicted octanol–water partition coefficient (Wildman–Crippen LogP) is 2.36. The molecule has 24 heavy (non-hydrogen) atoms. The molecule has 0 amide bonds. The average Bonchev–Trinajstić information content (AvgIpc) is 2.96. The number of imidazole rings is 1. The van der Waals surface area contributed by atoms with Gasteiger partial charge in [-0.15, -0.1) is 0 Å². The molecular weight excluding hydrogens is 328 g/mol. The van der Waals surface area contributed by atoms with Gasteiger partial charge in [-0.25, -0.2) is 15.0 Å². The molecule has 0 fully saturated rings. The van der Waals surface area contributed by atoms with Crippen LogP contribution >= 0.6 is 11.6 Å². The highest BCUT2D eigenvalue weighted by Crippen LogP contribution is 2.30. The molecule has 1 aromatic carbocycles. The molecular formula is C16H15ClN6O. The van der Waals surface area contributed by atoms with E-state index in [2.05, 4.69) is 21.0 Å². The van der Waals surface area contributed by atoms with Crippen LogP contribution < -0.4 is 10.5 Å². The second-order valence-corrected chi connectivity index (χ2v) is 5.66. The van der Waals surface area contributed by atoms with Crippen LogP contribution in [0.15, 0.2) is 30.9 Å². The molecule has 122 valence electrons. The molecule has 0 saturated carbocycles. The van der Waals surface area contributed by atoms with Crippen molar-refractivity contribution >= 4 is 22.8 Å². The Morgan fingerprint density at radius 1 is 1.38 bits per heavy atom. The lowest BCUT2D eigenvalue weighted by Crippen LogP contribution is -2.16. The Hall–Kier alpha value is -2.69. The highest BCUT2D eigenvalue weighted by molar-refractivity contribution is 6.30. The molecule has 2 N–H and O–H groups in total. The smallest absolute Gasteiger partial charge is 0.163 e. The van der Waals surface area contributed by atoms with Crippen LogP contribution in [0.5, 0.6) is 5.75 Å². The number of halogens is 1. The van der Waals surface area contributed by atoms with Crippen molar-refractivity contribution in [1.82, 2.24) is 19.5 Å². The molecule has 2 heterocycles.